The van der Waals surface area contributed by atoms with Gasteiger partial charge in [0.1, 0.15) is 0 Å². The monoisotopic (exact) mass is 309 g/mol. The van der Waals surface area contributed by atoms with Gasteiger partial charge in [-0.3, -0.25) is 0 Å². The fourth-order valence-corrected chi connectivity index (χ4v) is 3.13. The van der Waals surface area contributed by atoms with Crippen molar-refractivity contribution in [3.63, 3.8) is 0 Å². The summed E-state index contributed by atoms with van der Waals surface area (Å²) in [5.74, 6) is -0.151. The van der Waals surface area contributed by atoms with E-state index in [-0.39, 0.29) is 18.6 Å². The number of hydrogen-bond acceptors (Lipinski definition) is 5. The van der Waals surface area contributed by atoms with Gasteiger partial charge in [0.05, 0.1) is 11.1 Å². The molecule has 1 rings (SSSR count). The average Bonchev–Trinajstić information content (AvgIpc) is 2.27. The van der Waals surface area contributed by atoms with Gasteiger partial charge in [-0.25, -0.2) is 9.52 Å². The number of ether oxygens (including phenoxy) is 1. The first-order valence-corrected chi connectivity index (χ1v) is 7.85. The number of hydrogen-bond donors (Lipinski definition) is 2. The minimum Gasteiger partial charge on any atom is -0.446 e. The fraction of sp³-hybridized carbons (Fsp3) is 0.800. The summed E-state index contributed by atoms with van der Waals surface area (Å²) in [6.45, 7) is 3.80. The molecule has 0 aromatic carbocycles. The molecule has 1 heterocycles. The van der Waals surface area contributed by atoms with Crippen molar-refractivity contribution in [3.05, 3.63) is 0 Å². The van der Waals surface area contributed by atoms with Gasteiger partial charge in [-0.15, -0.1) is 0 Å². The summed E-state index contributed by atoms with van der Waals surface area (Å²) in [7, 11) is -3.90. The maximum Gasteiger partial charge on any atom is 0.422 e. The van der Waals surface area contributed by atoms with Crippen LogP contribution in [0.25, 0.3) is 0 Å². The molecule has 1 saturated heterocycles. The topological polar surface area (TPSA) is 102 Å². The van der Waals surface area contributed by atoms with Gasteiger partial charge in [0.2, 0.25) is 0 Å². The summed E-state index contributed by atoms with van der Waals surface area (Å²) in [6, 6.07) is 0. The van der Waals surface area contributed by atoms with Gasteiger partial charge in [-0.1, -0.05) is 12.2 Å². The Morgan fingerprint density at radius 2 is 2.16 bits per heavy atom. The number of carbonyl (C=O) groups is 1. The third-order valence-corrected chi connectivity index (χ3v) is 4.45. The molecule has 0 aromatic rings. The Bertz CT molecular complexity index is 450. The number of nitrogens with one attached hydrogen (secondary N) is 1. The molecule has 7 nitrogen and oxygen atoms in total. The van der Waals surface area contributed by atoms with Crippen molar-refractivity contribution in [1.29, 1.82) is 0 Å². The van der Waals surface area contributed by atoms with Crippen molar-refractivity contribution >= 4 is 33.5 Å². The molecule has 9 heteroatoms. The molecule has 0 radical (unpaired) electrons. The molecule has 1 amide bonds. The van der Waals surface area contributed by atoms with Crippen LogP contribution in [0.4, 0.5) is 4.79 Å². The van der Waals surface area contributed by atoms with Crippen molar-refractivity contribution in [2.24, 2.45) is 11.7 Å². The number of carbonyl (C=O) groups excluding carboxylic acids is 1. The zero-order valence-corrected chi connectivity index (χ0v) is 12.6. The third-order valence-electron chi connectivity index (χ3n) is 2.68. The predicted molar refractivity (Wildman–Crippen MR) is 74.8 cm³/mol. The van der Waals surface area contributed by atoms with E-state index in [0.717, 1.165) is 6.42 Å². The van der Waals surface area contributed by atoms with Crippen molar-refractivity contribution in [2.75, 3.05) is 13.1 Å². The molecule has 3 N–H and O–H groups in total. The van der Waals surface area contributed by atoms with Crippen LogP contribution in [-0.4, -0.2) is 43.0 Å². The second-order valence-electron chi connectivity index (χ2n) is 4.66. The van der Waals surface area contributed by atoms with E-state index in [1.54, 1.807) is 13.8 Å². The highest BCUT2D eigenvalue weighted by molar-refractivity contribution is 7.87. The van der Waals surface area contributed by atoms with Crippen LogP contribution in [0.2, 0.25) is 0 Å². The van der Waals surface area contributed by atoms with Crippen molar-refractivity contribution in [1.82, 2.24) is 9.03 Å². The minimum atomic E-state index is -3.90. The molecule has 0 aliphatic carbocycles. The normalized spacial score (nSPS) is 21.1. The fourth-order valence-electron chi connectivity index (χ4n) is 1.80. The van der Waals surface area contributed by atoms with E-state index in [4.69, 9.17) is 22.7 Å². The number of nitrogens with two attached hydrogens (primary N) is 1. The molecule has 110 valence electrons. The molecular formula is C10H19N3O4S2. The van der Waals surface area contributed by atoms with Crippen LogP contribution < -0.4 is 10.5 Å². The summed E-state index contributed by atoms with van der Waals surface area (Å²) < 4.78 is 31.7. The molecular weight excluding hydrogens is 290 g/mol. The average molecular weight is 309 g/mol. The summed E-state index contributed by atoms with van der Waals surface area (Å²) in [5.41, 5.74) is 5.54. The molecule has 1 atom stereocenters. The second kappa shape index (κ2) is 6.49. The Balaban J connectivity index is 2.66. The molecule has 1 fully saturated rings. The number of nitrogens with zero attached hydrogens (tertiary/aromatic N) is 1. The predicted octanol–water partition coefficient (Wildman–Crippen LogP) is 0.364. The van der Waals surface area contributed by atoms with E-state index in [1.807, 2.05) is 4.72 Å². The molecule has 0 saturated carbocycles. The van der Waals surface area contributed by atoms with Crippen molar-refractivity contribution in [3.8, 4) is 0 Å². The van der Waals surface area contributed by atoms with Crippen LogP contribution in [-0.2, 0) is 14.9 Å². The first-order chi connectivity index (χ1) is 8.72. The second-order valence-corrected chi connectivity index (χ2v) is 6.80. The van der Waals surface area contributed by atoms with E-state index in [9.17, 15) is 13.2 Å². The standard InChI is InChI=1S/C10H19N3O4S2/c1-7(2)17-10(14)12-19(15,16)13-5-3-4-8(6-13)9(11)18/h7-8H,3-6H2,1-2H3,(H2,11,18)(H,12,14). The lowest BCUT2D eigenvalue weighted by Gasteiger charge is -2.31. The quantitative estimate of drug-likeness (QED) is 0.727. The maximum atomic E-state index is 12.0. The summed E-state index contributed by atoms with van der Waals surface area (Å²) >= 11 is 4.88. The van der Waals surface area contributed by atoms with Gasteiger partial charge >= 0.3 is 16.3 Å². The van der Waals surface area contributed by atoms with Crippen LogP contribution in [0, 0.1) is 5.92 Å². The molecule has 1 aliphatic rings. The van der Waals surface area contributed by atoms with Crippen LogP contribution in [0.3, 0.4) is 0 Å². The lowest BCUT2D eigenvalue weighted by Crippen LogP contribution is -2.49. The Hall–Kier alpha value is -0.930. The van der Waals surface area contributed by atoms with Gasteiger partial charge in [-0.2, -0.15) is 12.7 Å². The minimum absolute atomic E-state index is 0.151. The summed E-state index contributed by atoms with van der Waals surface area (Å²) in [6.07, 6.45) is 0.0494. The van der Waals surface area contributed by atoms with Gasteiger partial charge in [0.15, 0.2) is 0 Å². The lowest BCUT2D eigenvalue weighted by atomic mass is 10.0. The van der Waals surface area contributed by atoms with Gasteiger partial charge < -0.3 is 10.5 Å². The largest absolute Gasteiger partial charge is 0.446 e. The van der Waals surface area contributed by atoms with E-state index in [0.29, 0.717) is 18.0 Å². The number of thiocarbonyl (C=S) groups is 1. The highest BCUT2D eigenvalue weighted by atomic mass is 32.2. The maximum absolute atomic E-state index is 12.0. The first kappa shape index (κ1) is 16.1. The van der Waals surface area contributed by atoms with Gasteiger partial charge in [0, 0.05) is 19.0 Å². The zero-order valence-electron chi connectivity index (χ0n) is 11.0. The lowest BCUT2D eigenvalue weighted by molar-refractivity contribution is 0.120. The SMILES string of the molecule is CC(C)OC(=O)NS(=O)(=O)N1CCCC(C(N)=S)C1. The highest BCUT2D eigenvalue weighted by Crippen LogP contribution is 2.18. The Morgan fingerprint density at radius 1 is 1.53 bits per heavy atom. The summed E-state index contributed by atoms with van der Waals surface area (Å²) in [5, 5.41) is 0. The van der Waals surface area contributed by atoms with Crippen LogP contribution in [0.1, 0.15) is 26.7 Å². The number of piperidine rings is 1. The molecule has 19 heavy (non-hydrogen) atoms. The molecule has 1 aliphatic heterocycles. The van der Waals surface area contributed by atoms with Gasteiger partial charge in [-0.05, 0) is 26.7 Å². The third kappa shape index (κ3) is 4.92. The summed E-state index contributed by atoms with van der Waals surface area (Å²) in [4.78, 5) is 11.6. The smallest absolute Gasteiger partial charge is 0.422 e. The Morgan fingerprint density at radius 3 is 2.68 bits per heavy atom. The molecule has 1 unspecified atom stereocenters. The van der Waals surface area contributed by atoms with E-state index >= 15 is 0 Å². The van der Waals surface area contributed by atoms with E-state index < -0.39 is 16.3 Å². The Labute approximate surface area is 118 Å². The van der Waals surface area contributed by atoms with Crippen LogP contribution in [0.5, 0.6) is 0 Å². The number of rotatable bonds is 4. The first-order valence-electron chi connectivity index (χ1n) is 6.00. The van der Waals surface area contributed by atoms with Crippen molar-refractivity contribution < 1.29 is 17.9 Å². The molecule has 0 spiro atoms. The molecule has 0 aromatic heterocycles. The Kier molecular flexibility index (Phi) is 5.50. The highest BCUT2D eigenvalue weighted by Gasteiger charge is 2.31. The molecule has 0 bridgehead atoms. The van der Waals surface area contributed by atoms with Crippen molar-refractivity contribution in [2.45, 2.75) is 32.8 Å². The van der Waals surface area contributed by atoms with Gasteiger partial charge in [0.25, 0.3) is 0 Å². The van der Waals surface area contributed by atoms with E-state index in [1.165, 1.54) is 4.31 Å². The van der Waals surface area contributed by atoms with Crippen LogP contribution >= 0.6 is 12.2 Å². The zero-order chi connectivity index (χ0) is 14.6. The number of amides is 1. The van der Waals surface area contributed by atoms with Crippen LogP contribution in [0.15, 0.2) is 0 Å². The van der Waals surface area contributed by atoms with E-state index in [2.05, 4.69) is 0 Å².